The molecule has 2 aromatic rings. The van der Waals surface area contributed by atoms with Gasteiger partial charge in [-0.1, -0.05) is 48.6 Å². The van der Waals surface area contributed by atoms with Crippen molar-refractivity contribution in [2.24, 2.45) is 0 Å². The van der Waals surface area contributed by atoms with Crippen LogP contribution in [-0.4, -0.2) is 12.6 Å². The molecule has 0 bridgehead atoms. The summed E-state index contributed by atoms with van der Waals surface area (Å²) in [6.45, 7) is 0.423. The van der Waals surface area contributed by atoms with Crippen LogP contribution in [0.1, 0.15) is 11.1 Å². The molecule has 0 saturated heterocycles. The van der Waals surface area contributed by atoms with Crippen molar-refractivity contribution in [3.8, 4) is 0 Å². The summed E-state index contributed by atoms with van der Waals surface area (Å²) in [6, 6.07) is 12.9. The number of ether oxygens (including phenoxy) is 1. The van der Waals surface area contributed by atoms with Crippen molar-refractivity contribution in [2.45, 2.75) is 6.61 Å². The van der Waals surface area contributed by atoms with Crippen LogP contribution in [0, 0.1) is 11.6 Å². The lowest BCUT2D eigenvalue weighted by atomic mass is 10.2. The molecule has 0 fully saturated rings. The maximum atomic E-state index is 13.0. The molecule has 0 aromatic heterocycles. The molecule has 0 unspecified atom stereocenters. The molecule has 0 aliphatic rings. The Bertz CT molecular complexity index is 657. The van der Waals surface area contributed by atoms with Crippen LogP contribution < -0.4 is 5.32 Å². The highest BCUT2D eigenvalue weighted by molar-refractivity contribution is 5.67. The predicted octanol–water partition coefficient (Wildman–Crippen LogP) is 3.90. The summed E-state index contributed by atoms with van der Waals surface area (Å²) in [5.74, 6) is -1.79. The Morgan fingerprint density at radius 3 is 2.59 bits per heavy atom. The smallest absolute Gasteiger partial charge is 0.407 e. The molecule has 0 aliphatic carbocycles. The average Bonchev–Trinajstić information content (AvgIpc) is 2.54. The molecule has 0 radical (unpaired) electrons. The van der Waals surface area contributed by atoms with Gasteiger partial charge in [0.25, 0.3) is 0 Å². The van der Waals surface area contributed by atoms with Gasteiger partial charge in [-0.2, -0.15) is 0 Å². The molecule has 0 aliphatic heterocycles. The van der Waals surface area contributed by atoms with E-state index in [1.807, 2.05) is 30.3 Å². The Labute approximate surface area is 127 Å². The molecule has 2 rings (SSSR count). The van der Waals surface area contributed by atoms with E-state index in [1.165, 1.54) is 6.07 Å². The minimum absolute atomic E-state index is 0.194. The number of alkyl carbamates (subject to hydrolysis) is 1. The monoisotopic (exact) mass is 303 g/mol. The second kappa shape index (κ2) is 7.93. The van der Waals surface area contributed by atoms with E-state index in [0.29, 0.717) is 5.56 Å². The van der Waals surface area contributed by atoms with Gasteiger partial charge in [-0.25, -0.2) is 13.6 Å². The summed E-state index contributed by atoms with van der Waals surface area (Å²) in [5.41, 5.74) is 1.41. The zero-order chi connectivity index (χ0) is 15.8. The van der Waals surface area contributed by atoms with E-state index >= 15 is 0 Å². The molecule has 0 heterocycles. The Balaban J connectivity index is 1.72. The van der Waals surface area contributed by atoms with Gasteiger partial charge in [-0.15, -0.1) is 0 Å². The van der Waals surface area contributed by atoms with Crippen LogP contribution in [0.3, 0.4) is 0 Å². The largest absolute Gasteiger partial charge is 0.445 e. The maximum absolute atomic E-state index is 13.0. The third-order valence-corrected chi connectivity index (χ3v) is 2.83. The third kappa shape index (κ3) is 5.01. The van der Waals surface area contributed by atoms with Gasteiger partial charge in [0.05, 0.1) is 0 Å². The van der Waals surface area contributed by atoms with Crippen molar-refractivity contribution in [2.75, 3.05) is 6.54 Å². The van der Waals surface area contributed by atoms with E-state index < -0.39 is 17.7 Å². The van der Waals surface area contributed by atoms with Crippen LogP contribution >= 0.6 is 0 Å². The molecule has 1 amide bonds. The lowest BCUT2D eigenvalue weighted by Gasteiger charge is -2.05. The van der Waals surface area contributed by atoms with Crippen LogP contribution in [0.15, 0.2) is 54.6 Å². The summed E-state index contributed by atoms with van der Waals surface area (Å²) >= 11 is 0. The molecule has 0 spiro atoms. The number of rotatable bonds is 5. The van der Waals surface area contributed by atoms with Crippen LogP contribution in [0.25, 0.3) is 6.08 Å². The van der Waals surface area contributed by atoms with Gasteiger partial charge in [0.2, 0.25) is 0 Å². The van der Waals surface area contributed by atoms with Crippen molar-refractivity contribution >= 4 is 12.2 Å². The lowest BCUT2D eigenvalue weighted by molar-refractivity contribution is 0.141. The first kappa shape index (κ1) is 15.7. The first-order chi connectivity index (χ1) is 10.6. The highest BCUT2D eigenvalue weighted by Gasteiger charge is 2.01. The van der Waals surface area contributed by atoms with Gasteiger partial charge in [-0.3, -0.25) is 0 Å². The van der Waals surface area contributed by atoms with E-state index in [4.69, 9.17) is 4.74 Å². The normalized spacial score (nSPS) is 10.6. The Morgan fingerprint density at radius 2 is 1.86 bits per heavy atom. The number of amides is 1. The number of carbonyl (C=O) groups is 1. The highest BCUT2D eigenvalue weighted by Crippen LogP contribution is 2.09. The zero-order valence-electron chi connectivity index (χ0n) is 11.8. The SMILES string of the molecule is O=C(NCC=Cc1ccc(F)c(F)c1)OCc1ccccc1. The fourth-order valence-corrected chi connectivity index (χ4v) is 1.73. The topological polar surface area (TPSA) is 38.3 Å². The van der Waals surface area contributed by atoms with Crippen molar-refractivity contribution in [1.82, 2.24) is 5.32 Å². The molecular weight excluding hydrogens is 288 g/mol. The zero-order valence-corrected chi connectivity index (χ0v) is 11.8. The lowest BCUT2D eigenvalue weighted by Crippen LogP contribution is -2.24. The van der Waals surface area contributed by atoms with E-state index in [-0.39, 0.29) is 13.2 Å². The number of benzene rings is 2. The van der Waals surface area contributed by atoms with E-state index in [1.54, 1.807) is 12.2 Å². The van der Waals surface area contributed by atoms with E-state index in [0.717, 1.165) is 17.7 Å². The van der Waals surface area contributed by atoms with Gasteiger partial charge in [0, 0.05) is 6.54 Å². The van der Waals surface area contributed by atoms with Crippen LogP contribution in [0.5, 0.6) is 0 Å². The minimum atomic E-state index is -0.905. The standard InChI is InChI=1S/C17H15F2NO2/c18-15-9-8-13(11-16(15)19)7-4-10-20-17(21)22-12-14-5-2-1-3-6-14/h1-9,11H,10,12H2,(H,20,21). The summed E-state index contributed by atoms with van der Waals surface area (Å²) in [7, 11) is 0. The average molecular weight is 303 g/mol. The Hall–Kier alpha value is -2.69. The van der Waals surface area contributed by atoms with Gasteiger partial charge < -0.3 is 10.1 Å². The fourth-order valence-electron chi connectivity index (χ4n) is 1.73. The summed E-state index contributed by atoms with van der Waals surface area (Å²) in [6.07, 6.45) is 2.66. The third-order valence-electron chi connectivity index (χ3n) is 2.83. The Kier molecular flexibility index (Phi) is 5.65. The first-order valence-corrected chi connectivity index (χ1v) is 6.71. The van der Waals surface area contributed by atoms with Crippen LogP contribution in [-0.2, 0) is 11.3 Å². The molecule has 0 atom stereocenters. The van der Waals surface area contributed by atoms with Crippen LogP contribution in [0.4, 0.5) is 13.6 Å². The number of halogens is 2. The summed E-state index contributed by atoms with van der Waals surface area (Å²) in [5, 5.41) is 2.53. The van der Waals surface area contributed by atoms with Crippen molar-refractivity contribution in [1.29, 1.82) is 0 Å². The fraction of sp³-hybridized carbons (Fsp3) is 0.118. The molecular formula is C17H15F2NO2. The first-order valence-electron chi connectivity index (χ1n) is 6.71. The van der Waals surface area contributed by atoms with E-state index in [9.17, 15) is 13.6 Å². The van der Waals surface area contributed by atoms with Gasteiger partial charge in [-0.05, 0) is 23.3 Å². The summed E-state index contributed by atoms with van der Waals surface area (Å²) in [4.78, 5) is 11.4. The van der Waals surface area contributed by atoms with Crippen molar-refractivity contribution in [3.05, 3.63) is 77.4 Å². The Morgan fingerprint density at radius 1 is 1.09 bits per heavy atom. The molecule has 5 heteroatoms. The van der Waals surface area contributed by atoms with Gasteiger partial charge in [0.1, 0.15) is 6.61 Å². The van der Waals surface area contributed by atoms with Crippen LogP contribution in [0.2, 0.25) is 0 Å². The molecule has 114 valence electrons. The number of carbonyl (C=O) groups excluding carboxylic acids is 1. The molecule has 3 nitrogen and oxygen atoms in total. The van der Waals surface area contributed by atoms with Crippen molar-refractivity contribution < 1.29 is 18.3 Å². The number of hydrogen-bond acceptors (Lipinski definition) is 2. The van der Waals surface area contributed by atoms with E-state index in [2.05, 4.69) is 5.32 Å². The molecule has 22 heavy (non-hydrogen) atoms. The summed E-state index contributed by atoms with van der Waals surface area (Å²) < 4.78 is 30.7. The second-order valence-corrected chi connectivity index (χ2v) is 4.52. The maximum Gasteiger partial charge on any atom is 0.407 e. The predicted molar refractivity (Wildman–Crippen MR) is 80.0 cm³/mol. The van der Waals surface area contributed by atoms with Gasteiger partial charge >= 0.3 is 6.09 Å². The molecule has 2 aromatic carbocycles. The quantitative estimate of drug-likeness (QED) is 0.909. The second-order valence-electron chi connectivity index (χ2n) is 4.52. The minimum Gasteiger partial charge on any atom is -0.445 e. The van der Waals surface area contributed by atoms with Gasteiger partial charge in [0.15, 0.2) is 11.6 Å². The van der Waals surface area contributed by atoms with Crippen molar-refractivity contribution in [3.63, 3.8) is 0 Å². The molecule has 1 N–H and O–H groups in total. The number of hydrogen-bond donors (Lipinski definition) is 1. The number of nitrogens with one attached hydrogen (secondary N) is 1. The molecule has 0 saturated carbocycles. The highest BCUT2D eigenvalue weighted by atomic mass is 19.2.